The van der Waals surface area contributed by atoms with Gasteiger partial charge in [-0.3, -0.25) is 4.79 Å². The van der Waals surface area contributed by atoms with Crippen molar-refractivity contribution in [3.63, 3.8) is 0 Å². The van der Waals surface area contributed by atoms with E-state index in [2.05, 4.69) is 21.2 Å². The fraction of sp³-hybridized carbons (Fsp3) is 0.0714. The van der Waals surface area contributed by atoms with Crippen LogP contribution in [0, 0.1) is 0 Å². The monoisotopic (exact) mass is 337 g/mol. The molecule has 0 atom stereocenters. The number of nitrogens with one attached hydrogen (secondary N) is 1. The molecular weight excluding hydrogens is 326 g/mol. The Morgan fingerprint density at radius 1 is 1.26 bits per heavy atom. The van der Waals surface area contributed by atoms with Gasteiger partial charge in [-0.05, 0) is 36.6 Å². The van der Waals surface area contributed by atoms with Crippen LogP contribution < -0.4 is 5.32 Å². The van der Waals surface area contributed by atoms with E-state index in [-0.39, 0.29) is 17.2 Å². The number of anilines is 1. The number of carbonyl (C=O) groups excluding carboxylic acids is 1. The second kappa shape index (κ2) is 6.12. The zero-order valence-corrected chi connectivity index (χ0v) is 12.6. The number of thioether (sulfide) groups is 1. The summed E-state index contributed by atoms with van der Waals surface area (Å²) < 4.78 is 0.728. The molecule has 2 rings (SSSR count). The third-order valence-corrected chi connectivity index (χ3v) is 3.85. The number of phenols is 1. The van der Waals surface area contributed by atoms with Crippen LogP contribution in [0.1, 0.15) is 10.4 Å². The van der Waals surface area contributed by atoms with Crippen molar-refractivity contribution < 1.29 is 9.90 Å². The third kappa shape index (κ3) is 3.30. The van der Waals surface area contributed by atoms with Crippen LogP contribution in [-0.4, -0.2) is 17.3 Å². The number of phenolic OH excluding ortho intramolecular Hbond substituents is 1. The molecule has 0 spiro atoms. The van der Waals surface area contributed by atoms with Gasteiger partial charge in [0.15, 0.2) is 0 Å². The molecule has 19 heavy (non-hydrogen) atoms. The number of halogens is 1. The molecule has 98 valence electrons. The van der Waals surface area contributed by atoms with Crippen molar-refractivity contribution in [2.24, 2.45) is 0 Å². The van der Waals surface area contributed by atoms with Crippen LogP contribution >= 0.6 is 27.7 Å². The molecule has 0 unspecified atom stereocenters. The maximum absolute atomic E-state index is 12.1. The lowest BCUT2D eigenvalue weighted by Gasteiger charge is -2.10. The van der Waals surface area contributed by atoms with Crippen molar-refractivity contribution in [2.75, 3.05) is 11.6 Å². The van der Waals surface area contributed by atoms with E-state index in [0.29, 0.717) is 0 Å². The molecule has 2 aromatic rings. The van der Waals surface area contributed by atoms with Gasteiger partial charge in [-0.15, -0.1) is 11.8 Å². The fourth-order valence-electron chi connectivity index (χ4n) is 1.63. The lowest BCUT2D eigenvalue weighted by molar-refractivity contribution is 0.102. The predicted octanol–water partition coefficient (Wildman–Crippen LogP) is 4.13. The van der Waals surface area contributed by atoms with Gasteiger partial charge in [0.25, 0.3) is 5.91 Å². The molecule has 0 heterocycles. The summed E-state index contributed by atoms with van der Waals surface area (Å²) in [5, 5.41) is 12.6. The molecule has 2 N–H and O–H groups in total. The molecule has 0 saturated carbocycles. The molecular formula is C14H12BrNO2S. The summed E-state index contributed by atoms with van der Waals surface area (Å²) in [6.45, 7) is 0. The Kier molecular flexibility index (Phi) is 4.50. The zero-order valence-electron chi connectivity index (χ0n) is 10.2. The number of amides is 1. The second-order valence-corrected chi connectivity index (χ2v) is 5.58. The minimum atomic E-state index is -0.327. The van der Waals surface area contributed by atoms with Gasteiger partial charge in [0.1, 0.15) is 5.75 Å². The van der Waals surface area contributed by atoms with Gasteiger partial charge in [-0.1, -0.05) is 28.1 Å². The second-order valence-electron chi connectivity index (χ2n) is 3.82. The van der Waals surface area contributed by atoms with Crippen LogP contribution in [0.4, 0.5) is 5.69 Å². The number of carbonyl (C=O) groups is 1. The molecule has 0 aromatic heterocycles. The maximum Gasteiger partial charge on any atom is 0.259 e. The Morgan fingerprint density at radius 2 is 2.00 bits per heavy atom. The van der Waals surface area contributed by atoms with Crippen molar-refractivity contribution in [1.29, 1.82) is 0 Å². The summed E-state index contributed by atoms with van der Waals surface area (Å²) in [5.74, 6) is -0.375. The molecule has 0 aliphatic carbocycles. The zero-order chi connectivity index (χ0) is 13.8. The number of benzene rings is 2. The first-order chi connectivity index (χ1) is 9.11. The maximum atomic E-state index is 12.1. The number of para-hydroxylation sites is 1. The standard InChI is InChI=1S/C14H12BrNO2S/c1-19-13-5-3-2-4-11(13)16-14(18)10-7-6-9(15)8-12(10)17/h2-8,17H,1H3,(H,16,18). The molecule has 5 heteroatoms. The molecule has 1 amide bonds. The highest BCUT2D eigenvalue weighted by Crippen LogP contribution is 2.27. The number of rotatable bonds is 3. The highest BCUT2D eigenvalue weighted by Gasteiger charge is 2.12. The predicted molar refractivity (Wildman–Crippen MR) is 82.0 cm³/mol. The molecule has 0 aliphatic rings. The summed E-state index contributed by atoms with van der Waals surface area (Å²) in [5.41, 5.74) is 0.987. The van der Waals surface area contributed by atoms with E-state index >= 15 is 0 Å². The van der Waals surface area contributed by atoms with Gasteiger partial charge in [-0.2, -0.15) is 0 Å². The number of hydrogen-bond donors (Lipinski definition) is 2. The molecule has 2 aromatic carbocycles. The summed E-state index contributed by atoms with van der Waals surface area (Å²) >= 11 is 4.79. The average molecular weight is 338 g/mol. The lowest BCUT2D eigenvalue weighted by Crippen LogP contribution is -2.12. The third-order valence-electron chi connectivity index (χ3n) is 2.56. The molecule has 0 bridgehead atoms. The Hall–Kier alpha value is -1.46. The van der Waals surface area contributed by atoms with Crippen molar-refractivity contribution >= 4 is 39.3 Å². The first-order valence-corrected chi connectivity index (χ1v) is 7.56. The van der Waals surface area contributed by atoms with E-state index < -0.39 is 0 Å². The van der Waals surface area contributed by atoms with Gasteiger partial charge in [0.2, 0.25) is 0 Å². The van der Waals surface area contributed by atoms with Crippen molar-refractivity contribution in [3.05, 3.63) is 52.5 Å². The molecule has 0 saturated heterocycles. The first kappa shape index (κ1) is 14.0. The van der Waals surface area contributed by atoms with Crippen LogP contribution in [0.5, 0.6) is 5.75 Å². The molecule has 0 fully saturated rings. The molecule has 3 nitrogen and oxygen atoms in total. The van der Waals surface area contributed by atoms with Crippen LogP contribution in [-0.2, 0) is 0 Å². The first-order valence-electron chi connectivity index (χ1n) is 5.54. The number of hydrogen-bond acceptors (Lipinski definition) is 3. The van der Waals surface area contributed by atoms with Crippen LogP contribution in [0.15, 0.2) is 51.8 Å². The Morgan fingerprint density at radius 3 is 2.68 bits per heavy atom. The van der Waals surface area contributed by atoms with Crippen molar-refractivity contribution in [1.82, 2.24) is 0 Å². The van der Waals surface area contributed by atoms with E-state index in [9.17, 15) is 9.90 Å². The quantitative estimate of drug-likeness (QED) is 0.828. The largest absolute Gasteiger partial charge is 0.507 e. The Balaban J connectivity index is 2.26. The van der Waals surface area contributed by atoms with Crippen molar-refractivity contribution in [2.45, 2.75) is 4.90 Å². The van der Waals surface area contributed by atoms with Crippen LogP contribution in [0.25, 0.3) is 0 Å². The van der Waals surface area contributed by atoms with Gasteiger partial charge in [-0.25, -0.2) is 0 Å². The summed E-state index contributed by atoms with van der Waals surface area (Å²) in [6, 6.07) is 12.3. The SMILES string of the molecule is CSc1ccccc1NC(=O)c1ccc(Br)cc1O. The minimum absolute atomic E-state index is 0.0477. The smallest absolute Gasteiger partial charge is 0.259 e. The minimum Gasteiger partial charge on any atom is -0.507 e. The normalized spacial score (nSPS) is 10.2. The number of aromatic hydroxyl groups is 1. The van der Waals surface area contributed by atoms with Gasteiger partial charge in [0, 0.05) is 9.37 Å². The summed E-state index contributed by atoms with van der Waals surface area (Å²) in [4.78, 5) is 13.1. The molecule has 0 aliphatic heterocycles. The van der Waals surface area contributed by atoms with Gasteiger partial charge >= 0.3 is 0 Å². The van der Waals surface area contributed by atoms with E-state index in [4.69, 9.17) is 0 Å². The summed E-state index contributed by atoms with van der Waals surface area (Å²) in [6.07, 6.45) is 1.95. The van der Waals surface area contributed by atoms with E-state index in [1.54, 1.807) is 23.9 Å². The average Bonchev–Trinajstić information content (AvgIpc) is 2.39. The topological polar surface area (TPSA) is 49.3 Å². The van der Waals surface area contributed by atoms with Crippen LogP contribution in [0.3, 0.4) is 0 Å². The van der Waals surface area contributed by atoms with Crippen molar-refractivity contribution in [3.8, 4) is 5.75 Å². The van der Waals surface area contributed by atoms with Gasteiger partial charge in [0.05, 0.1) is 11.3 Å². The van der Waals surface area contributed by atoms with E-state index in [1.807, 2.05) is 30.5 Å². The lowest BCUT2D eigenvalue weighted by atomic mass is 10.2. The summed E-state index contributed by atoms with van der Waals surface area (Å²) in [7, 11) is 0. The van der Waals surface area contributed by atoms with Crippen LogP contribution in [0.2, 0.25) is 0 Å². The Labute approximate surface area is 124 Å². The van der Waals surface area contributed by atoms with E-state index in [1.165, 1.54) is 6.07 Å². The fourth-order valence-corrected chi connectivity index (χ4v) is 2.54. The highest BCUT2D eigenvalue weighted by atomic mass is 79.9. The highest BCUT2D eigenvalue weighted by molar-refractivity contribution is 9.10. The Bertz CT molecular complexity index is 616. The van der Waals surface area contributed by atoms with Gasteiger partial charge < -0.3 is 10.4 Å². The molecule has 0 radical (unpaired) electrons. The van der Waals surface area contributed by atoms with E-state index in [0.717, 1.165) is 15.1 Å².